The molecule has 1 amide bonds. The predicted octanol–water partition coefficient (Wildman–Crippen LogP) is 2.08. The zero-order valence-corrected chi connectivity index (χ0v) is 15.8. The first-order chi connectivity index (χ1) is 11.7. The number of aromatic nitrogens is 3. The largest absolute Gasteiger partial charge is 0.444 e. The molecular weight excluding hydrogens is 318 g/mol. The highest BCUT2D eigenvalue weighted by atomic mass is 16.4. The molecule has 136 valence electrons. The van der Waals surface area contributed by atoms with E-state index in [1.807, 2.05) is 31.9 Å². The van der Waals surface area contributed by atoms with Crippen LogP contribution in [0.25, 0.3) is 0 Å². The molecule has 1 fully saturated rings. The second kappa shape index (κ2) is 6.29. The van der Waals surface area contributed by atoms with Crippen LogP contribution in [0.3, 0.4) is 0 Å². The van der Waals surface area contributed by atoms with E-state index in [1.54, 1.807) is 11.1 Å². The number of oxazole rings is 1. The summed E-state index contributed by atoms with van der Waals surface area (Å²) in [5.41, 5.74) is 2.09. The Balaban J connectivity index is 1.75. The average molecular weight is 345 g/mol. The van der Waals surface area contributed by atoms with Crippen molar-refractivity contribution in [1.82, 2.24) is 25.0 Å². The SMILES string of the molecule is Cc1c([C@H]2[C@H](NCc3ncc(C(C)(C)C)o3)CC(=O)N2C)cnn1C. The number of nitrogens with one attached hydrogen (secondary N) is 1. The number of likely N-dealkylation sites (tertiary alicyclic amines) is 1. The molecule has 0 saturated carbocycles. The van der Waals surface area contributed by atoms with E-state index >= 15 is 0 Å². The normalized spacial score (nSPS) is 21.4. The average Bonchev–Trinajstić information content (AvgIpc) is 3.20. The molecule has 0 unspecified atom stereocenters. The summed E-state index contributed by atoms with van der Waals surface area (Å²) in [6.07, 6.45) is 4.10. The molecule has 2 aromatic heterocycles. The number of nitrogens with zero attached hydrogens (tertiary/aromatic N) is 4. The molecule has 0 aromatic carbocycles. The summed E-state index contributed by atoms with van der Waals surface area (Å²) < 4.78 is 7.68. The highest BCUT2D eigenvalue weighted by Gasteiger charge is 2.40. The lowest BCUT2D eigenvalue weighted by Crippen LogP contribution is -2.35. The Morgan fingerprint density at radius 1 is 1.32 bits per heavy atom. The molecule has 1 N–H and O–H groups in total. The second-order valence-corrected chi connectivity index (χ2v) is 7.82. The highest BCUT2D eigenvalue weighted by Crippen LogP contribution is 2.33. The number of carbonyl (C=O) groups excluding carboxylic acids is 1. The van der Waals surface area contributed by atoms with Gasteiger partial charge in [0.2, 0.25) is 11.8 Å². The van der Waals surface area contributed by atoms with Crippen LogP contribution in [0, 0.1) is 6.92 Å². The third-order valence-corrected chi connectivity index (χ3v) is 4.99. The van der Waals surface area contributed by atoms with Gasteiger partial charge in [0.05, 0.1) is 25.0 Å². The Morgan fingerprint density at radius 2 is 2.04 bits per heavy atom. The summed E-state index contributed by atoms with van der Waals surface area (Å²) in [5, 5.41) is 7.78. The van der Waals surface area contributed by atoms with Crippen molar-refractivity contribution in [3.8, 4) is 0 Å². The lowest BCUT2D eigenvalue weighted by Gasteiger charge is -2.25. The Kier molecular flexibility index (Phi) is 4.45. The van der Waals surface area contributed by atoms with Gasteiger partial charge in [-0.2, -0.15) is 5.10 Å². The lowest BCUT2D eigenvalue weighted by atomic mass is 9.94. The van der Waals surface area contributed by atoms with Crippen molar-refractivity contribution in [3.05, 3.63) is 35.3 Å². The van der Waals surface area contributed by atoms with Crippen LogP contribution in [0.5, 0.6) is 0 Å². The number of aryl methyl sites for hydroxylation is 1. The minimum atomic E-state index is -0.0653. The van der Waals surface area contributed by atoms with E-state index in [0.717, 1.165) is 17.0 Å². The van der Waals surface area contributed by atoms with E-state index < -0.39 is 0 Å². The Hall–Kier alpha value is -2.15. The van der Waals surface area contributed by atoms with E-state index in [1.165, 1.54) is 0 Å². The summed E-state index contributed by atoms with van der Waals surface area (Å²) in [6.45, 7) is 8.81. The highest BCUT2D eigenvalue weighted by molar-refractivity contribution is 5.80. The van der Waals surface area contributed by atoms with Crippen molar-refractivity contribution >= 4 is 5.91 Å². The van der Waals surface area contributed by atoms with Gasteiger partial charge in [0.25, 0.3) is 0 Å². The van der Waals surface area contributed by atoms with Crippen molar-refractivity contribution in [2.24, 2.45) is 7.05 Å². The first-order valence-electron chi connectivity index (χ1n) is 8.61. The lowest BCUT2D eigenvalue weighted by molar-refractivity contribution is -0.127. The van der Waals surface area contributed by atoms with Crippen molar-refractivity contribution < 1.29 is 9.21 Å². The number of hydrogen-bond donors (Lipinski definition) is 1. The minimum Gasteiger partial charge on any atom is -0.444 e. The molecule has 0 spiro atoms. The van der Waals surface area contributed by atoms with Crippen molar-refractivity contribution in [2.75, 3.05) is 7.05 Å². The maximum atomic E-state index is 12.3. The van der Waals surface area contributed by atoms with Crippen LogP contribution in [0.1, 0.15) is 56.1 Å². The van der Waals surface area contributed by atoms with Crippen LogP contribution in [0.15, 0.2) is 16.8 Å². The summed E-state index contributed by atoms with van der Waals surface area (Å²) in [7, 11) is 3.77. The van der Waals surface area contributed by atoms with Crippen LogP contribution in [-0.2, 0) is 23.8 Å². The fourth-order valence-corrected chi connectivity index (χ4v) is 3.24. The second-order valence-electron chi connectivity index (χ2n) is 7.82. The summed E-state index contributed by atoms with van der Waals surface area (Å²) in [6, 6.07) is -0.0244. The van der Waals surface area contributed by atoms with Crippen LogP contribution < -0.4 is 5.32 Å². The molecule has 1 saturated heterocycles. The monoisotopic (exact) mass is 345 g/mol. The molecule has 7 nitrogen and oxygen atoms in total. The van der Waals surface area contributed by atoms with Crippen LogP contribution in [0.2, 0.25) is 0 Å². The molecule has 3 rings (SSSR count). The van der Waals surface area contributed by atoms with Gasteiger partial charge in [0, 0.05) is 43.2 Å². The Labute approximate surface area is 148 Å². The molecule has 1 aliphatic rings. The maximum Gasteiger partial charge on any atom is 0.224 e. The Bertz CT molecular complexity index is 771. The quantitative estimate of drug-likeness (QED) is 0.918. The molecule has 25 heavy (non-hydrogen) atoms. The standard InChI is InChI=1S/C18H27N5O2/c1-11-12(8-21-23(11)6)17-13(7-16(24)22(17)5)19-10-15-20-9-14(25-15)18(2,3)4/h8-9,13,17,19H,7,10H2,1-6H3/t13-,17+/m1/s1. The molecule has 0 bridgehead atoms. The number of likely N-dealkylation sites (N-methyl/N-ethyl adjacent to an activating group) is 1. The van der Waals surface area contributed by atoms with Crippen LogP contribution in [0.4, 0.5) is 0 Å². The molecule has 0 radical (unpaired) electrons. The zero-order valence-electron chi connectivity index (χ0n) is 15.8. The predicted molar refractivity (Wildman–Crippen MR) is 93.9 cm³/mol. The molecule has 7 heteroatoms. The molecule has 1 aliphatic heterocycles. The van der Waals surface area contributed by atoms with Gasteiger partial charge in [-0.05, 0) is 6.92 Å². The molecule has 2 aromatic rings. The van der Waals surface area contributed by atoms with Gasteiger partial charge < -0.3 is 14.6 Å². The van der Waals surface area contributed by atoms with Gasteiger partial charge in [0.1, 0.15) is 5.76 Å². The summed E-state index contributed by atoms with van der Waals surface area (Å²) in [5.74, 6) is 1.64. The van der Waals surface area contributed by atoms with Crippen molar-refractivity contribution in [3.63, 3.8) is 0 Å². The number of rotatable bonds is 4. The van der Waals surface area contributed by atoms with Gasteiger partial charge in [-0.1, -0.05) is 20.8 Å². The summed E-state index contributed by atoms with van der Waals surface area (Å²) in [4.78, 5) is 18.4. The van der Waals surface area contributed by atoms with Gasteiger partial charge >= 0.3 is 0 Å². The van der Waals surface area contributed by atoms with Gasteiger partial charge in [0.15, 0.2) is 0 Å². The zero-order chi connectivity index (χ0) is 18.4. The number of hydrogen-bond acceptors (Lipinski definition) is 5. The van der Waals surface area contributed by atoms with Gasteiger partial charge in [-0.3, -0.25) is 9.48 Å². The van der Waals surface area contributed by atoms with Gasteiger partial charge in [-0.25, -0.2) is 4.98 Å². The molecule has 0 aliphatic carbocycles. The van der Waals surface area contributed by atoms with Crippen molar-refractivity contribution in [2.45, 2.75) is 58.2 Å². The van der Waals surface area contributed by atoms with E-state index in [9.17, 15) is 4.79 Å². The first kappa shape index (κ1) is 17.7. The third-order valence-electron chi connectivity index (χ3n) is 4.99. The van der Waals surface area contributed by atoms with E-state index in [0.29, 0.717) is 18.9 Å². The number of amides is 1. The number of carbonyl (C=O) groups is 1. The van der Waals surface area contributed by atoms with E-state index in [2.05, 4.69) is 36.2 Å². The molecular formula is C18H27N5O2. The van der Waals surface area contributed by atoms with Gasteiger partial charge in [-0.15, -0.1) is 0 Å². The Morgan fingerprint density at radius 3 is 2.60 bits per heavy atom. The minimum absolute atomic E-state index is 0.00499. The van der Waals surface area contributed by atoms with Crippen molar-refractivity contribution in [1.29, 1.82) is 0 Å². The fourth-order valence-electron chi connectivity index (χ4n) is 3.24. The maximum absolute atomic E-state index is 12.3. The molecule has 2 atom stereocenters. The topological polar surface area (TPSA) is 76.2 Å². The van der Waals surface area contributed by atoms with Crippen LogP contribution in [-0.4, -0.2) is 38.7 Å². The van der Waals surface area contributed by atoms with E-state index in [-0.39, 0.29) is 23.4 Å². The smallest absolute Gasteiger partial charge is 0.224 e. The van der Waals surface area contributed by atoms with E-state index in [4.69, 9.17) is 4.42 Å². The fraction of sp³-hybridized carbons (Fsp3) is 0.611. The third kappa shape index (κ3) is 3.33. The summed E-state index contributed by atoms with van der Waals surface area (Å²) >= 11 is 0. The first-order valence-corrected chi connectivity index (χ1v) is 8.61. The van der Waals surface area contributed by atoms with Crippen LogP contribution >= 0.6 is 0 Å². The molecule has 3 heterocycles.